The highest BCUT2D eigenvalue weighted by molar-refractivity contribution is 5.86. The highest BCUT2D eigenvalue weighted by Gasteiger charge is 2.32. The Hall–Kier alpha value is -1.11. The van der Waals surface area contributed by atoms with E-state index >= 15 is 0 Å². The topological polar surface area (TPSA) is 17.1 Å². The van der Waals surface area contributed by atoms with Crippen molar-refractivity contribution in [3.63, 3.8) is 0 Å². The third-order valence-electron chi connectivity index (χ3n) is 4.44. The fraction of sp³-hybridized carbons (Fsp3) is 0.667. The fourth-order valence-electron chi connectivity index (χ4n) is 3.14. The van der Waals surface area contributed by atoms with Crippen molar-refractivity contribution in [3.05, 3.63) is 34.4 Å². The SMILES string of the molecule is Cc1cc(CC(CC(C)(C)C)C(=O)C(C)(C)C)cc(C)c1C. The van der Waals surface area contributed by atoms with Crippen LogP contribution in [0.4, 0.5) is 0 Å². The summed E-state index contributed by atoms with van der Waals surface area (Å²) >= 11 is 0. The maximum atomic E-state index is 12.9. The monoisotopic (exact) mass is 302 g/mol. The first kappa shape index (κ1) is 18.9. The van der Waals surface area contributed by atoms with Crippen LogP contribution in [0.2, 0.25) is 0 Å². The fourth-order valence-corrected chi connectivity index (χ4v) is 3.14. The first-order valence-corrected chi connectivity index (χ1v) is 8.42. The number of ketones is 1. The zero-order chi connectivity index (χ0) is 17.3. The summed E-state index contributed by atoms with van der Waals surface area (Å²) in [4.78, 5) is 12.9. The van der Waals surface area contributed by atoms with Gasteiger partial charge in [0.15, 0.2) is 0 Å². The molecule has 1 nitrogen and oxygen atoms in total. The molecule has 0 saturated heterocycles. The number of rotatable bonds is 4. The highest BCUT2D eigenvalue weighted by Crippen LogP contribution is 2.33. The minimum absolute atomic E-state index is 0.0986. The van der Waals surface area contributed by atoms with E-state index in [0.29, 0.717) is 5.78 Å². The average Bonchev–Trinajstić information content (AvgIpc) is 2.31. The molecule has 1 unspecified atom stereocenters. The van der Waals surface area contributed by atoms with Crippen molar-refractivity contribution < 1.29 is 4.79 Å². The molecule has 0 saturated carbocycles. The lowest BCUT2D eigenvalue weighted by Gasteiger charge is -2.30. The number of carbonyl (C=O) groups is 1. The molecule has 124 valence electrons. The van der Waals surface area contributed by atoms with Crippen LogP contribution in [0, 0.1) is 37.5 Å². The van der Waals surface area contributed by atoms with Gasteiger partial charge in [-0.15, -0.1) is 0 Å². The second kappa shape index (κ2) is 6.56. The normalized spacial score (nSPS) is 14.0. The van der Waals surface area contributed by atoms with Crippen molar-refractivity contribution in [1.82, 2.24) is 0 Å². The molecule has 1 rings (SSSR count). The van der Waals surface area contributed by atoms with Gasteiger partial charge >= 0.3 is 0 Å². The van der Waals surface area contributed by atoms with Gasteiger partial charge in [0.25, 0.3) is 0 Å². The molecule has 1 atom stereocenters. The molecule has 1 aromatic carbocycles. The number of Topliss-reactive ketones (excluding diaryl/α,β-unsaturated/α-hetero) is 1. The Morgan fingerprint density at radius 1 is 0.955 bits per heavy atom. The Kier molecular flexibility index (Phi) is 5.65. The van der Waals surface area contributed by atoms with E-state index in [9.17, 15) is 4.79 Å². The van der Waals surface area contributed by atoms with Gasteiger partial charge in [-0.05, 0) is 61.3 Å². The Bertz CT molecular complexity index is 515. The maximum Gasteiger partial charge on any atom is 0.141 e. The molecule has 0 aliphatic rings. The summed E-state index contributed by atoms with van der Waals surface area (Å²) in [6.45, 7) is 19.3. The minimum atomic E-state index is -0.273. The Balaban J connectivity index is 3.11. The molecule has 22 heavy (non-hydrogen) atoms. The first-order chi connectivity index (χ1) is 9.81. The molecule has 0 N–H and O–H groups in total. The lowest BCUT2D eigenvalue weighted by atomic mass is 9.73. The third-order valence-corrected chi connectivity index (χ3v) is 4.44. The lowest BCUT2D eigenvalue weighted by molar-refractivity contribution is -0.131. The lowest BCUT2D eigenvalue weighted by Crippen LogP contribution is -2.32. The molecular weight excluding hydrogens is 268 g/mol. The van der Waals surface area contributed by atoms with Gasteiger partial charge in [0.2, 0.25) is 0 Å². The second-order valence-corrected chi connectivity index (χ2v) is 9.13. The standard InChI is InChI=1S/C21H34O/c1-14-10-17(11-15(2)16(14)3)12-18(13-20(4,5)6)19(22)21(7,8)9/h10-11,18H,12-13H2,1-9H3. The quantitative estimate of drug-likeness (QED) is 0.684. The van der Waals surface area contributed by atoms with Gasteiger partial charge in [0, 0.05) is 11.3 Å². The van der Waals surface area contributed by atoms with Crippen LogP contribution in [0.25, 0.3) is 0 Å². The second-order valence-electron chi connectivity index (χ2n) is 9.13. The summed E-state index contributed by atoms with van der Waals surface area (Å²) in [6, 6.07) is 4.52. The summed E-state index contributed by atoms with van der Waals surface area (Å²) in [5.41, 5.74) is 5.21. The summed E-state index contributed by atoms with van der Waals surface area (Å²) in [5.74, 6) is 0.486. The van der Waals surface area contributed by atoms with E-state index in [1.165, 1.54) is 22.3 Å². The van der Waals surface area contributed by atoms with E-state index in [1.54, 1.807) is 0 Å². The number of carbonyl (C=O) groups excluding carboxylic acids is 1. The first-order valence-electron chi connectivity index (χ1n) is 8.42. The molecule has 1 aromatic rings. The van der Waals surface area contributed by atoms with Crippen molar-refractivity contribution in [2.75, 3.05) is 0 Å². The van der Waals surface area contributed by atoms with Gasteiger partial charge in [-0.3, -0.25) is 4.79 Å². The molecule has 0 aliphatic heterocycles. The van der Waals surface area contributed by atoms with E-state index in [4.69, 9.17) is 0 Å². The Morgan fingerprint density at radius 3 is 1.77 bits per heavy atom. The molecule has 0 heterocycles. The number of benzene rings is 1. The van der Waals surface area contributed by atoms with E-state index < -0.39 is 0 Å². The van der Waals surface area contributed by atoms with Crippen molar-refractivity contribution in [1.29, 1.82) is 0 Å². The molecular formula is C21H34O. The van der Waals surface area contributed by atoms with Crippen LogP contribution in [0.1, 0.15) is 70.2 Å². The van der Waals surface area contributed by atoms with Crippen LogP contribution in [0.15, 0.2) is 12.1 Å². The molecule has 0 aromatic heterocycles. The zero-order valence-corrected chi connectivity index (χ0v) is 16.1. The molecule has 0 radical (unpaired) electrons. The molecule has 0 fully saturated rings. The maximum absolute atomic E-state index is 12.9. The number of hydrogen-bond donors (Lipinski definition) is 0. The van der Waals surface area contributed by atoms with E-state index in [1.807, 2.05) is 20.8 Å². The van der Waals surface area contributed by atoms with Crippen LogP contribution in [-0.4, -0.2) is 5.78 Å². The summed E-state index contributed by atoms with van der Waals surface area (Å²) in [5, 5.41) is 0. The van der Waals surface area contributed by atoms with Crippen LogP contribution < -0.4 is 0 Å². The molecule has 0 spiro atoms. The summed E-state index contributed by atoms with van der Waals surface area (Å²) in [6.07, 6.45) is 1.80. The van der Waals surface area contributed by atoms with Crippen LogP contribution in [0.3, 0.4) is 0 Å². The molecule has 0 bridgehead atoms. The van der Waals surface area contributed by atoms with Gasteiger partial charge in [0.1, 0.15) is 5.78 Å². The smallest absolute Gasteiger partial charge is 0.141 e. The summed E-state index contributed by atoms with van der Waals surface area (Å²) < 4.78 is 0. The predicted molar refractivity (Wildman–Crippen MR) is 96.4 cm³/mol. The average molecular weight is 303 g/mol. The van der Waals surface area contributed by atoms with Crippen molar-refractivity contribution in [3.8, 4) is 0 Å². The van der Waals surface area contributed by atoms with Crippen LogP contribution in [-0.2, 0) is 11.2 Å². The van der Waals surface area contributed by atoms with Gasteiger partial charge < -0.3 is 0 Å². The van der Waals surface area contributed by atoms with E-state index in [2.05, 4.69) is 53.7 Å². The Morgan fingerprint density at radius 2 is 1.41 bits per heavy atom. The molecule has 0 aliphatic carbocycles. The molecule has 0 amide bonds. The van der Waals surface area contributed by atoms with E-state index in [0.717, 1.165) is 12.8 Å². The predicted octanol–water partition coefficient (Wildman–Crippen LogP) is 5.82. The highest BCUT2D eigenvalue weighted by atomic mass is 16.1. The van der Waals surface area contributed by atoms with Crippen molar-refractivity contribution in [2.45, 2.75) is 75.2 Å². The van der Waals surface area contributed by atoms with Gasteiger partial charge in [0.05, 0.1) is 0 Å². The summed E-state index contributed by atoms with van der Waals surface area (Å²) in [7, 11) is 0. The van der Waals surface area contributed by atoms with Crippen molar-refractivity contribution in [2.24, 2.45) is 16.7 Å². The number of hydrogen-bond acceptors (Lipinski definition) is 1. The largest absolute Gasteiger partial charge is 0.299 e. The van der Waals surface area contributed by atoms with E-state index in [-0.39, 0.29) is 16.7 Å². The zero-order valence-electron chi connectivity index (χ0n) is 16.1. The minimum Gasteiger partial charge on any atom is -0.299 e. The molecule has 1 heteroatoms. The van der Waals surface area contributed by atoms with Crippen LogP contribution >= 0.6 is 0 Å². The van der Waals surface area contributed by atoms with Gasteiger partial charge in [-0.2, -0.15) is 0 Å². The number of aryl methyl sites for hydroxylation is 2. The van der Waals surface area contributed by atoms with Gasteiger partial charge in [-0.25, -0.2) is 0 Å². The van der Waals surface area contributed by atoms with Gasteiger partial charge in [-0.1, -0.05) is 53.7 Å². The third kappa shape index (κ3) is 5.26. The Labute approximate surface area is 137 Å². The van der Waals surface area contributed by atoms with Crippen LogP contribution in [0.5, 0.6) is 0 Å². The van der Waals surface area contributed by atoms with Crippen molar-refractivity contribution >= 4 is 5.78 Å².